The number of nitrogens with zero attached hydrogens (tertiary/aromatic N) is 1. The second-order valence-electron chi connectivity index (χ2n) is 6.24. The third-order valence-corrected chi connectivity index (χ3v) is 4.80. The smallest absolute Gasteiger partial charge is 0.353 e. The summed E-state index contributed by atoms with van der Waals surface area (Å²) in [7, 11) is 0. The Balaban J connectivity index is 1.52. The first kappa shape index (κ1) is 20.3. The van der Waals surface area contributed by atoms with Gasteiger partial charge in [0, 0.05) is 0 Å². The molecule has 1 aromatic heterocycles. The first-order valence-electron chi connectivity index (χ1n) is 8.89. The highest BCUT2D eigenvalue weighted by atomic mass is 32.1. The van der Waals surface area contributed by atoms with E-state index < -0.39 is 5.97 Å². The molecule has 0 saturated carbocycles. The minimum absolute atomic E-state index is 0.137. The number of rotatable bonds is 7. The fourth-order valence-corrected chi connectivity index (χ4v) is 3.18. The van der Waals surface area contributed by atoms with Crippen LogP contribution in [-0.2, 0) is 4.79 Å². The van der Waals surface area contributed by atoms with Crippen molar-refractivity contribution in [1.82, 2.24) is 5.43 Å². The van der Waals surface area contributed by atoms with Gasteiger partial charge in [-0.05, 0) is 54.1 Å². The number of esters is 1. The van der Waals surface area contributed by atoms with E-state index in [1.807, 2.05) is 37.4 Å². The highest BCUT2D eigenvalue weighted by molar-refractivity contribution is 7.12. The van der Waals surface area contributed by atoms with Crippen molar-refractivity contribution in [2.24, 2.45) is 5.10 Å². The molecule has 29 heavy (non-hydrogen) atoms. The predicted octanol–water partition coefficient (Wildman–Crippen LogP) is 4.11. The summed E-state index contributed by atoms with van der Waals surface area (Å²) in [5.41, 5.74) is 5.04. The van der Waals surface area contributed by atoms with E-state index in [2.05, 4.69) is 10.5 Å². The molecule has 3 aromatic rings. The second kappa shape index (κ2) is 9.66. The van der Waals surface area contributed by atoms with Gasteiger partial charge in [-0.15, -0.1) is 11.3 Å². The van der Waals surface area contributed by atoms with Gasteiger partial charge in [-0.25, -0.2) is 10.2 Å². The van der Waals surface area contributed by atoms with Gasteiger partial charge in [0.1, 0.15) is 16.4 Å². The molecule has 3 rings (SSSR count). The van der Waals surface area contributed by atoms with Gasteiger partial charge in [0.15, 0.2) is 6.61 Å². The third-order valence-electron chi connectivity index (χ3n) is 3.95. The van der Waals surface area contributed by atoms with Crippen LogP contribution in [0.25, 0.3) is 0 Å². The van der Waals surface area contributed by atoms with Crippen LogP contribution in [0.15, 0.2) is 65.1 Å². The van der Waals surface area contributed by atoms with Crippen molar-refractivity contribution < 1.29 is 19.1 Å². The van der Waals surface area contributed by atoms with Crippen LogP contribution in [-0.4, -0.2) is 24.7 Å². The van der Waals surface area contributed by atoms with E-state index in [0.717, 1.165) is 11.1 Å². The molecule has 1 N–H and O–H groups in total. The molecule has 0 spiro atoms. The van der Waals surface area contributed by atoms with Crippen LogP contribution >= 0.6 is 11.3 Å². The van der Waals surface area contributed by atoms with Crippen molar-refractivity contribution in [3.8, 4) is 11.5 Å². The number of amides is 1. The Bertz CT molecular complexity index is 1010. The number of hydrogen-bond donors (Lipinski definition) is 1. The minimum atomic E-state index is -0.411. The van der Waals surface area contributed by atoms with Crippen LogP contribution in [0.4, 0.5) is 0 Å². The molecule has 0 aliphatic rings. The van der Waals surface area contributed by atoms with E-state index in [-0.39, 0.29) is 12.5 Å². The number of hydrogen-bond acceptors (Lipinski definition) is 6. The molecule has 1 heterocycles. The van der Waals surface area contributed by atoms with Crippen molar-refractivity contribution >= 4 is 29.4 Å². The molecule has 7 heteroatoms. The highest BCUT2D eigenvalue weighted by Crippen LogP contribution is 2.22. The number of benzene rings is 2. The van der Waals surface area contributed by atoms with Crippen molar-refractivity contribution in [2.75, 3.05) is 6.61 Å². The Kier molecular flexibility index (Phi) is 6.76. The van der Waals surface area contributed by atoms with Crippen molar-refractivity contribution in [3.63, 3.8) is 0 Å². The molecule has 0 saturated heterocycles. The molecule has 1 amide bonds. The van der Waals surface area contributed by atoms with E-state index in [1.165, 1.54) is 17.6 Å². The quantitative estimate of drug-likeness (QED) is 0.276. The van der Waals surface area contributed by atoms with Gasteiger partial charge in [-0.3, -0.25) is 4.79 Å². The zero-order valence-corrected chi connectivity index (χ0v) is 16.9. The predicted molar refractivity (Wildman–Crippen MR) is 113 cm³/mol. The van der Waals surface area contributed by atoms with Gasteiger partial charge in [0.2, 0.25) is 0 Å². The van der Waals surface area contributed by atoms with Crippen LogP contribution in [0.5, 0.6) is 11.5 Å². The van der Waals surface area contributed by atoms with Gasteiger partial charge in [0.25, 0.3) is 5.91 Å². The number of nitrogens with one attached hydrogen (secondary N) is 1. The number of carbonyl (C=O) groups is 2. The topological polar surface area (TPSA) is 77.0 Å². The molecule has 0 aliphatic heterocycles. The zero-order valence-electron chi connectivity index (χ0n) is 16.0. The Hall–Kier alpha value is -3.45. The Morgan fingerprint density at radius 1 is 1.07 bits per heavy atom. The van der Waals surface area contributed by atoms with Crippen LogP contribution in [0.1, 0.15) is 26.4 Å². The first-order chi connectivity index (χ1) is 14.0. The SMILES string of the molecule is Cc1cccc(C)c1OCC(=O)N/N=C\c1cccc(OC(=O)c2cccs2)c1. The fraction of sp³-hybridized carbons (Fsp3) is 0.136. The van der Waals surface area contributed by atoms with Gasteiger partial charge in [0.05, 0.1) is 6.21 Å². The Morgan fingerprint density at radius 3 is 2.55 bits per heavy atom. The van der Waals surface area contributed by atoms with Crippen molar-refractivity contribution in [2.45, 2.75) is 13.8 Å². The Labute approximate surface area is 172 Å². The molecular formula is C22H20N2O4S. The highest BCUT2D eigenvalue weighted by Gasteiger charge is 2.09. The molecule has 0 radical (unpaired) electrons. The molecule has 148 valence electrons. The first-order valence-corrected chi connectivity index (χ1v) is 9.77. The summed E-state index contributed by atoms with van der Waals surface area (Å²) in [5.74, 6) is 0.319. The zero-order chi connectivity index (χ0) is 20.6. The molecule has 6 nitrogen and oxygen atoms in total. The summed E-state index contributed by atoms with van der Waals surface area (Å²) < 4.78 is 10.9. The van der Waals surface area contributed by atoms with E-state index in [9.17, 15) is 9.59 Å². The van der Waals surface area contributed by atoms with Gasteiger partial charge < -0.3 is 9.47 Å². The largest absolute Gasteiger partial charge is 0.483 e. The summed E-state index contributed by atoms with van der Waals surface area (Å²) in [4.78, 5) is 24.5. The number of para-hydroxylation sites is 1. The van der Waals surface area contributed by atoms with Crippen LogP contribution in [0, 0.1) is 13.8 Å². The molecule has 2 aromatic carbocycles. The number of carbonyl (C=O) groups excluding carboxylic acids is 2. The lowest BCUT2D eigenvalue weighted by Crippen LogP contribution is -2.25. The summed E-state index contributed by atoms with van der Waals surface area (Å²) >= 11 is 1.32. The monoisotopic (exact) mass is 408 g/mol. The molecule has 0 bridgehead atoms. The average Bonchev–Trinajstić information content (AvgIpc) is 3.23. The number of aryl methyl sites for hydroxylation is 2. The van der Waals surface area contributed by atoms with Crippen molar-refractivity contribution in [3.05, 3.63) is 81.5 Å². The van der Waals surface area contributed by atoms with E-state index in [0.29, 0.717) is 21.9 Å². The Morgan fingerprint density at radius 2 is 1.83 bits per heavy atom. The minimum Gasteiger partial charge on any atom is -0.483 e. The lowest BCUT2D eigenvalue weighted by atomic mass is 10.1. The van der Waals surface area contributed by atoms with Crippen LogP contribution in [0.2, 0.25) is 0 Å². The van der Waals surface area contributed by atoms with Crippen LogP contribution in [0.3, 0.4) is 0 Å². The van der Waals surface area contributed by atoms with Gasteiger partial charge >= 0.3 is 5.97 Å². The van der Waals surface area contributed by atoms with E-state index in [4.69, 9.17) is 9.47 Å². The molecule has 0 unspecified atom stereocenters. The fourth-order valence-electron chi connectivity index (χ4n) is 2.59. The number of thiophene rings is 1. The maximum atomic E-state index is 12.0. The summed E-state index contributed by atoms with van der Waals surface area (Å²) in [6.07, 6.45) is 1.47. The van der Waals surface area contributed by atoms with Crippen LogP contribution < -0.4 is 14.9 Å². The lowest BCUT2D eigenvalue weighted by molar-refractivity contribution is -0.123. The standard InChI is InChI=1S/C22H20N2O4S/c1-15-6-3-7-16(2)21(15)27-14-20(25)24-23-13-17-8-4-9-18(12-17)28-22(26)19-10-5-11-29-19/h3-13H,14H2,1-2H3,(H,24,25)/b23-13-. The lowest BCUT2D eigenvalue weighted by Gasteiger charge is -2.10. The molecule has 0 fully saturated rings. The summed E-state index contributed by atoms with van der Waals surface area (Å²) in [6, 6.07) is 16.1. The van der Waals surface area contributed by atoms with Gasteiger partial charge in [-0.1, -0.05) is 36.4 Å². The number of ether oxygens (including phenoxy) is 2. The maximum Gasteiger partial charge on any atom is 0.353 e. The molecule has 0 atom stereocenters. The van der Waals surface area contributed by atoms with Gasteiger partial charge in [-0.2, -0.15) is 5.10 Å². The average molecular weight is 408 g/mol. The second-order valence-corrected chi connectivity index (χ2v) is 7.19. The molecule has 0 aliphatic carbocycles. The maximum absolute atomic E-state index is 12.0. The normalized spacial score (nSPS) is 10.7. The summed E-state index contributed by atoms with van der Waals surface area (Å²) in [5, 5.41) is 5.74. The summed E-state index contributed by atoms with van der Waals surface area (Å²) in [6.45, 7) is 3.72. The van der Waals surface area contributed by atoms with E-state index in [1.54, 1.807) is 36.4 Å². The molecular weight excluding hydrogens is 388 g/mol. The van der Waals surface area contributed by atoms with Crippen molar-refractivity contribution in [1.29, 1.82) is 0 Å². The van der Waals surface area contributed by atoms with E-state index >= 15 is 0 Å². The number of hydrazone groups is 1. The third kappa shape index (κ3) is 5.76.